The van der Waals surface area contributed by atoms with Gasteiger partial charge >= 0.3 is 5.76 Å². The molecule has 1 aliphatic carbocycles. The molecule has 0 radical (unpaired) electrons. The molecule has 1 aliphatic rings. The maximum Gasteiger partial charge on any atom is 0.419 e. The zero-order valence-corrected chi connectivity index (χ0v) is 13.1. The number of nitrogens with one attached hydrogen (secondary N) is 2. The Bertz CT molecular complexity index is 933. The number of anilines is 1. The average Bonchev–Trinajstić information content (AvgIpc) is 3.24. The number of H-pyrrole nitrogens is 1. The van der Waals surface area contributed by atoms with E-state index < -0.39 is 5.76 Å². The van der Waals surface area contributed by atoms with Gasteiger partial charge < -0.3 is 9.73 Å². The number of carbonyl (C=O) groups excluding carboxylic acids is 1. The van der Waals surface area contributed by atoms with Crippen LogP contribution in [0.5, 0.6) is 0 Å². The molecule has 1 amide bonds. The van der Waals surface area contributed by atoms with Gasteiger partial charge in [0.25, 0.3) is 0 Å². The van der Waals surface area contributed by atoms with Gasteiger partial charge in [-0.2, -0.15) is 5.10 Å². The van der Waals surface area contributed by atoms with E-state index in [1.807, 2.05) is 24.3 Å². The zero-order valence-electron chi connectivity index (χ0n) is 13.1. The molecule has 1 fully saturated rings. The fourth-order valence-electron chi connectivity index (χ4n) is 2.83. The largest absolute Gasteiger partial charge is 0.419 e. The van der Waals surface area contributed by atoms with E-state index in [1.165, 1.54) is 12.8 Å². The van der Waals surface area contributed by atoms with Gasteiger partial charge in [0.05, 0.1) is 5.52 Å². The molecule has 1 saturated carbocycles. The Hall–Kier alpha value is -2.83. The van der Waals surface area contributed by atoms with E-state index >= 15 is 0 Å². The summed E-state index contributed by atoms with van der Waals surface area (Å²) in [5.41, 5.74) is 2.40. The summed E-state index contributed by atoms with van der Waals surface area (Å²) < 4.78 is 6.73. The lowest BCUT2D eigenvalue weighted by Crippen LogP contribution is -2.17. The highest BCUT2D eigenvalue weighted by Crippen LogP contribution is 2.39. The molecular weight excluding hydrogens is 308 g/mol. The first-order valence-electron chi connectivity index (χ1n) is 8.14. The van der Waals surface area contributed by atoms with Crippen molar-refractivity contribution in [1.29, 1.82) is 0 Å². The maximum absolute atomic E-state index is 12.0. The maximum atomic E-state index is 12.0. The number of oxazole rings is 1. The Morgan fingerprint density at radius 1 is 1.38 bits per heavy atom. The molecule has 1 aromatic carbocycles. The Morgan fingerprint density at radius 2 is 2.21 bits per heavy atom. The van der Waals surface area contributed by atoms with Crippen LogP contribution in [0.2, 0.25) is 0 Å². The van der Waals surface area contributed by atoms with Crippen molar-refractivity contribution in [2.24, 2.45) is 0 Å². The number of aromatic amines is 1. The van der Waals surface area contributed by atoms with Crippen molar-refractivity contribution in [2.45, 2.75) is 38.1 Å². The van der Waals surface area contributed by atoms with Crippen LogP contribution in [-0.2, 0) is 11.3 Å². The smallest absolute Gasteiger partial charge is 0.408 e. The number of aryl methyl sites for hydroxylation is 1. The minimum atomic E-state index is -0.391. The third-order valence-electron chi connectivity index (χ3n) is 4.24. The predicted octanol–water partition coefficient (Wildman–Crippen LogP) is 2.61. The van der Waals surface area contributed by atoms with Crippen LogP contribution in [0.1, 0.15) is 37.3 Å². The second-order valence-corrected chi connectivity index (χ2v) is 6.12. The average molecular weight is 326 g/mol. The third kappa shape index (κ3) is 2.97. The van der Waals surface area contributed by atoms with E-state index in [4.69, 9.17) is 4.42 Å². The van der Waals surface area contributed by atoms with E-state index in [2.05, 4.69) is 15.5 Å². The summed E-state index contributed by atoms with van der Waals surface area (Å²) in [6, 6.07) is 9.17. The number of aromatic nitrogens is 3. The number of rotatable bonds is 6. The zero-order chi connectivity index (χ0) is 16.5. The number of benzene rings is 1. The minimum Gasteiger partial charge on any atom is -0.408 e. The molecule has 7 heteroatoms. The van der Waals surface area contributed by atoms with Crippen molar-refractivity contribution < 1.29 is 9.21 Å². The molecule has 2 N–H and O–H groups in total. The molecule has 4 rings (SSSR count). The lowest BCUT2D eigenvalue weighted by Gasteiger charge is -2.03. The van der Waals surface area contributed by atoms with Crippen molar-refractivity contribution in [2.75, 3.05) is 5.32 Å². The van der Waals surface area contributed by atoms with Crippen LogP contribution in [0.15, 0.2) is 39.5 Å². The summed E-state index contributed by atoms with van der Waals surface area (Å²) in [4.78, 5) is 23.9. The van der Waals surface area contributed by atoms with Crippen LogP contribution in [0, 0.1) is 0 Å². The van der Waals surface area contributed by atoms with Gasteiger partial charge in [0.15, 0.2) is 11.4 Å². The summed E-state index contributed by atoms with van der Waals surface area (Å²) >= 11 is 0. The van der Waals surface area contributed by atoms with Crippen molar-refractivity contribution >= 4 is 22.8 Å². The van der Waals surface area contributed by atoms with E-state index in [0.717, 1.165) is 11.2 Å². The highest BCUT2D eigenvalue weighted by atomic mass is 16.4. The number of nitrogens with zero attached hydrogens (tertiary/aromatic N) is 2. The lowest BCUT2D eigenvalue weighted by atomic mass is 10.2. The second-order valence-electron chi connectivity index (χ2n) is 6.12. The number of carbonyl (C=O) groups is 1. The first-order valence-corrected chi connectivity index (χ1v) is 8.14. The van der Waals surface area contributed by atoms with E-state index in [1.54, 1.807) is 10.6 Å². The first kappa shape index (κ1) is 14.7. The van der Waals surface area contributed by atoms with Gasteiger partial charge in [-0.15, -0.1) is 0 Å². The van der Waals surface area contributed by atoms with Gasteiger partial charge in [0.1, 0.15) is 0 Å². The van der Waals surface area contributed by atoms with Crippen molar-refractivity contribution in [3.63, 3.8) is 0 Å². The number of para-hydroxylation sites is 2. The van der Waals surface area contributed by atoms with Crippen LogP contribution in [0.4, 0.5) is 5.82 Å². The normalized spacial score (nSPS) is 14.2. The Morgan fingerprint density at radius 3 is 3.04 bits per heavy atom. The lowest BCUT2D eigenvalue weighted by molar-refractivity contribution is -0.116. The highest BCUT2D eigenvalue weighted by Gasteiger charge is 2.25. The molecule has 2 aromatic heterocycles. The monoisotopic (exact) mass is 326 g/mol. The summed E-state index contributed by atoms with van der Waals surface area (Å²) in [6.07, 6.45) is 3.23. The van der Waals surface area contributed by atoms with E-state index in [9.17, 15) is 9.59 Å². The van der Waals surface area contributed by atoms with Crippen LogP contribution >= 0.6 is 0 Å². The molecule has 7 nitrogen and oxygen atoms in total. The van der Waals surface area contributed by atoms with Crippen LogP contribution < -0.4 is 11.1 Å². The van der Waals surface area contributed by atoms with E-state index in [0.29, 0.717) is 36.7 Å². The van der Waals surface area contributed by atoms with Crippen LogP contribution in [0.3, 0.4) is 0 Å². The summed E-state index contributed by atoms with van der Waals surface area (Å²) in [7, 11) is 0. The fraction of sp³-hybridized carbons (Fsp3) is 0.353. The first-order chi connectivity index (χ1) is 11.7. The molecule has 0 saturated heterocycles. The number of fused-ring (bicyclic) bond motifs is 1. The summed E-state index contributed by atoms with van der Waals surface area (Å²) in [6.45, 7) is 0.442. The van der Waals surface area contributed by atoms with Gasteiger partial charge in [-0.3, -0.25) is 14.5 Å². The Kier molecular flexibility index (Phi) is 3.68. The minimum absolute atomic E-state index is 0.107. The number of hydrogen-bond donors (Lipinski definition) is 2. The molecular formula is C17H18N4O3. The highest BCUT2D eigenvalue weighted by molar-refractivity contribution is 5.89. The Balaban J connectivity index is 1.33. The van der Waals surface area contributed by atoms with Crippen LogP contribution in [0.25, 0.3) is 11.1 Å². The third-order valence-corrected chi connectivity index (χ3v) is 4.24. The molecule has 2 heterocycles. The van der Waals surface area contributed by atoms with E-state index in [-0.39, 0.29) is 5.91 Å². The molecule has 124 valence electrons. The molecule has 3 aromatic rings. The van der Waals surface area contributed by atoms with Crippen molar-refractivity contribution in [1.82, 2.24) is 14.8 Å². The SMILES string of the molecule is O=C(CCCn1c(=O)oc2ccccc21)Nc1cc(C2CC2)[nH]n1. The van der Waals surface area contributed by atoms with Gasteiger partial charge in [-0.25, -0.2) is 4.79 Å². The molecule has 0 bridgehead atoms. The molecule has 24 heavy (non-hydrogen) atoms. The standard InChI is InChI=1S/C17H18N4O3/c22-16(18-15-10-12(19-20-15)11-7-8-11)6-3-9-21-13-4-1-2-5-14(13)24-17(21)23/h1-2,4-5,10-11H,3,6-9H2,(H2,18,19,20,22). The van der Waals surface area contributed by atoms with Gasteiger partial charge in [0, 0.05) is 30.6 Å². The number of hydrogen-bond acceptors (Lipinski definition) is 4. The second kappa shape index (κ2) is 5.99. The van der Waals surface area contributed by atoms with Crippen molar-refractivity contribution in [3.05, 3.63) is 46.6 Å². The summed E-state index contributed by atoms with van der Waals surface area (Å²) in [5, 5.41) is 9.84. The molecule has 0 aliphatic heterocycles. The molecule has 0 spiro atoms. The van der Waals surface area contributed by atoms with Crippen molar-refractivity contribution in [3.8, 4) is 0 Å². The topological polar surface area (TPSA) is 92.9 Å². The number of amides is 1. The predicted molar refractivity (Wildman–Crippen MR) is 88.9 cm³/mol. The van der Waals surface area contributed by atoms with Gasteiger partial charge in [-0.1, -0.05) is 12.1 Å². The van der Waals surface area contributed by atoms with Gasteiger partial charge in [0.2, 0.25) is 5.91 Å². The van der Waals surface area contributed by atoms with Crippen LogP contribution in [-0.4, -0.2) is 20.7 Å². The summed E-state index contributed by atoms with van der Waals surface area (Å²) in [5.74, 6) is 0.639. The fourth-order valence-corrected chi connectivity index (χ4v) is 2.83. The molecule has 0 atom stereocenters. The quantitative estimate of drug-likeness (QED) is 0.728. The molecule has 0 unspecified atom stereocenters. The Labute approximate surface area is 137 Å². The van der Waals surface area contributed by atoms with Gasteiger partial charge in [-0.05, 0) is 31.4 Å².